The SMILES string of the molecule is Cc1ccc2c(c1)c(-c1c(-c3ccccc3)cccc1-c1ccccc1)cc1c3ccc(C)c4c3c(cc21)-c1ccccc1-4. The van der Waals surface area contributed by atoms with Crippen LogP contribution in [-0.2, 0) is 0 Å². The van der Waals surface area contributed by atoms with Gasteiger partial charge in [-0.1, -0.05) is 139 Å². The summed E-state index contributed by atoms with van der Waals surface area (Å²) in [4.78, 5) is 0. The van der Waals surface area contributed by atoms with Crippen LogP contribution in [0.25, 0.3) is 88.0 Å². The summed E-state index contributed by atoms with van der Waals surface area (Å²) in [6.07, 6.45) is 0. The van der Waals surface area contributed by atoms with Crippen molar-refractivity contribution in [2.24, 2.45) is 0 Å². The summed E-state index contributed by atoms with van der Waals surface area (Å²) in [5.41, 5.74) is 15.6. The first-order valence-corrected chi connectivity index (χ1v) is 15.4. The first-order valence-electron chi connectivity index (χ1n) is 15.4. The smallest absolute Gasteiger partial charge is 0.00172 e. The third kappa shape index (κ3) is 3.58. The first-order chi connectivity index (χ1) is 21.7. The Bertz CT molecular complexity index is 2370. The molecule has 0 amide bonds. The normalized spacial score (nSPS) is 11.9. The molecule has 0 atom stereocenters. The van der Waals surface area contributed by atoms with Crippen LogP contribution in [-0.4, -0.2) is 0 Å². The molecule has 9 rings (SSSR count). The maximum absolute atomic E-state index is 2.49. The van der Waals surface area contributed by atoms with Gasteiger partial charge in [-0.3, -0.25) is 0 Å². The number of fused-ring (bicyclic) bond motifs is 7. The van der Waals surface area contributed by atoms with Crippen molar-refractivity contribution in [2.75, 3.05) is 0 Å². The van der Waals surface area contributed by atoms with E-state index in [0.717, 1.165) is 0 Å². The molecule has 0 spiro atoms. The lowest BCUT2D eigenvalue weighted by molar-refractivity contribution is 1.50. The highest BCUT2D eigenvalue weighted by Crippen LogP contribution is 2.53. The van der Waals surface area contributed by atoms with Crippen LogP contribution >= 0.6 is 0 Å². The second kappa shape index (κ2) is 9.53. The third-order valence-corrected chi connectivity index (χ3v) is 9.59. The molecule has 0 heterocycles. The molecule has 1 aliphatic carbocycles. The Kier molecular flexibility index (Phi) is 5.43. The van der Waals surface area contributed by atoms with Crippen molar-refractivity contribution in [3.63, 3.8) is 0 Å². The lowest BCUT2D eigenvalue weighted by Crippen LogP contribution is -1.94. The van der Waals surface area contributed by atoms with Crippen LogP contribution in [0.5, 0.6) is 0 Å². The van der Waals surface area contributed by atoms with Crippen LogP contribution < -0.4 is 0 Å². The van der Waals surface area contributed by atoms with Gasteiger partial charge in [-0.15, -0.1) is 0 Å². The molecule has 0 radical (unpaired) electrons. The largest absolute Gasteiger partial charge is 0.0622 e. The van der Waals surface area contributed by atoms with E-state index in [1.807, 2.05) is 0 Å². The Hall–Kier alpha value is -5.46. The van der Waals surface area contributed by atoms with Crippen LogP contribution in [0.1, 0.15) is 11.1 Å². The highest BCUT2D eigenvalue weighted by atomic mass is 14.3. The number of benzene rings is 8. The van der Waals surface area contributed by atoms with Crippen molar-refractivity contribution in [3.8, 4) is 55.6 Å². The predicted molar refractivity (Wildman–Crippen MR) is 189 cm³/mol. The van der Waals surface area contributed by atoms with Crippen molar-refractivity contribution < 1.29 is 0 Å². The monoisotopic (exact) mass is 558 g/mol. The summed E-state index contributed by atoms with van der Waals surface area (Å²) in [6.45, 7) is 4.46. The molecule has 206 valence electrons. The van der Waals surface area contributed by atoms with Gasteiger partial charge in [0.1, 0.15) is 0 Å². The molecular formula is C44H30. The zero-order valence-corrected chi connectivity index (χ0v) is 24.9. The van der Waals surface area contributed by atoms with Gasteiger partial charge < -0.3 is 0 Å². The number of aryl methyl sites for hydroxylation is 2. The van der Waals surface area contributed by atoms with E-state index in [9.17, 15) is 0 Å². The maximum Gasteiger partial charge on any atom is -0.00172 e. The van der Waals surface area contributed by atoms with Crippen LogP contribution in [0.4, 0.5) is 0 Å². The fourth-order valence-electron chi connectivity index (χ4n) is 7.63. The molecule has 44 heavy (non-hydrogen) atoms. The van der Waals surface area contributed by atoms with E-state index in [4.69, 9.17) is 0 Å². The molecule has 0 bridgehead atoms. The second-order valence-electron chi connectivity index (χ2n) is 12.2. The van der Waals surface area contributed by atoms with Gasteiger partial charge in [-0.25, -0.2) is 0 Å². The molecule has 0 aromatic heterocycles. The number of hydrogen-bond acceptors (Lipinski definition) is 0. The van der Waals surface area contributed by atoms with E-state index in [0.29, 0.717) is 0 Å². The molecule has 8 aromatic carbocycles. The van der Waals surface area contributed by atoms with E-state index >= 15 is 0 Å². The molecule has 0 N–H and O–H groups in total. The molecule has 0 nitrogen and oxygen atoms in total. The fourth-order valence-corrected chi connectivity index (χ4v) is 7.63. The zero-order chi connectivity index (χ0) is 29.4. The van der Waals surface area contributed by atoms with Gasteiger partial charge >= 0.3 is 0 Å². The summed E-state index contributed by atoms with van der Waals surface area (Å²) < 4.78 is 0. The van der Waals surface area contributed by atoms with Gasteiger partial charge in [-0.2, -0.15) is 0 Å². The van der Waals surface area contributed by atoms with E-state index in [2.05, 4.69) is 159 Å². The second-order valence-corrected chi connectivity index (χ2v) is 12.2. The summed E-state index contributed by atoms with van der Waals surface area (Å²) in [5, 5.41) is 7.94. The molecule has 0 saturated heterocycles. The lowest BCUT2D eigenvalue weighted by atomic mass is 9.83. The third-order valence-electron chi connectivity index (χ3n) is 9.59. The Morgan fingerprint density at radius 1 is 0.318 bits per heavy atom. The molecule has 8 aromatic rings. The zero-order valence-electron chi connectivity index (χ0n) is 24.9. The average molecular weight is 559 g/mol. The van der Waals surface area contributed by atoms with E-state index in [-0.39, 0.29) is 0 Å². The lowest BCUT2D eigenvalue weighted by Gasteiger charge is -2.20. The highest BCUT2D eigenvalue weighted by Gasteiger charge is 2.26. The van der Waals surface area contributed by atoms with Crippen LogP contribution in [0.2, 0.25) is 0 Å². The quantitative estimate of drug-likeness (QED) is 0.189. The number of rotatable bonds is 3. The molecule has 0 unspecified atom stereocenters. The fraction of sp³-hybridized carbons (Fsp3) is 0.0455. The van der Waals surface area contributed by atoms with Gasteiger partial charge in [0.25, 0.3) is 0 Å². The summed E-state index contributed by atoms with van der Waals surface area (Å²) in [5.74, 6) is 0. The summed E-state index contributed by atoms with van der Waals surface area (Å²) >= 11 is 0. The minimum Gasteiger partial charge on any atom is -0.0622 e. The van der Waals surface area contributed by atoms with Gasteiger partial charge in [0.05, 0.1) is 0 Å². The van der Waals surface area contributed by atoms with Crippen LogP contribution in [0.3, 0.4) is 0 Å². The van der Waals surface area contributed by atoms with Crippen molar-refractivity contribution in [3.05, 3.63) is 157 Å². The summed E-state index contributed by atoms with van der Waals surface area (Å²) in [6, 6.07) is 54.0. The van der Waals surface area contributed by atoms with Gasteiger partial charge in [0, 0.05) is 0 Å². The van der Waals surface area contributed by atoms with Crippen molar-refractivity contribution >= 4 is 32.3 Å². The molecular weight excluding hydrogens is 528 g/mol. The Balaban J connectivity index is 1.48. The topological polar surface area (TPSA) is 0 Å². The first kappa shape index (κ1) is 25.1. The standard InChI is InChI=1S/C44H30/c1-27-20-22-34-37(24-27)41(43-31(29-12-5-3-6-13-29)18-11-19-32(43)30-14-7-4-8-15-30)26-39-36-23-21-28(2)42-35-17-10-9-16-33(35)40(44(36)42)25-38(34)39/h3-26H,1-2H3. The molecule has 0 fully saturated rings. The van der Waals surface area contributed by atoms with Gasteiger partial charge in [0.15, 0.2) is 0 Å². The van der Waals surface area contributed by atoms with Gasteiger partial charge in [0.2, 0.25) is 0 Å². The Morgan fingerprint density at radius 3 is 1.59 bits per heavy atom. The average Bonchev–Trinajstić information content (AvgIpc) is 3.41. The predicted octanol–water partition coefficient (Wildman–Crippen LogP) is 12.4. The minimum atomic E-state index is 1.23. The minimum absolute atomic E-state index is 1.23. The number of hydrogen-bond donors (Lipinski definition) is 0. The van der Waals surface area contributed by atoms with Crippen LogP contribution in [0, 0.1) is 13.8 Å². The van der Waals surface area contributed by atoms with Crippen molar-refractivity contribution in [2.45, 2.75) is 13.8 Å². The molecule has 0 saturated carbocycles. The Labute approximate surface area is 257 Å². The van der Waals surface area contributed by atoms with Crippen molar-refractivity contribution in [1.29, 1.82) is 0 Å². The molecule has 0 aliphatic heterocycles. The highest BCUT2D eigenvalue weighted by molar-refractivity contribution is 6.29. The van der Waals surface area contributed by atoms with E-state index < -0.39 is 0 Å². The van der Waals surface area contributed by atoms with Gasteiger partial charge in [-0.05, 0) is 119 Å². The maximum atomic E-state index is 2.49. The van der Waals surface area contributed by atoms with Crippen molar-refractivity contribution in [1.82, 2.24) is 0 Å². The Morgan fingerprint density at radius 2 is 0.886 bits per heavy atom. The molecule has 0 heteroatoms. The van der Waals surface area contributed by atoms with Crippen LogP contribution in [0.15, 0.2) is 146 Å². The molecule has 1 aliphatic rings. The summed E-state index contributed by atoms with van der Waals surface area (Å²) in [7, 11) is 0. The van der Waals surface area contributed by atoms with E-state index in [1.54, 1.807) is 0 Å². The van der Waals surface area contributed by atoms with E-state index in [1.165, 1.54) is 99.1 Å².